The summed E-state index contributed by atoms with van der Waals surface area (Å²) >= 11 is 1.38. The first-order valence-electron chi connectivity index (χ1n) is 5.79. The minimum atomic E-state index is -1.02. The quantitative estimate of drug-likeness (QED) is 0.342. The molecule has 0 aliphatic rings. The summed E-state index contributed by atoms with van der Waals surface area (Å²) in [5.41, 5.74) is 9.96. The lowest BCUT2D eigenvalue weighted by Gasteiger charge is -2.19. The molecule has 0 fully saturated rings. The first-order valence-corrected chi connectivity index (χ1v) is 6.78. The Labute approximate surface area is 115 Å². The van der Waals surface area contributed by atoms with Crippen LogP contribution in [0, 0.1) is 10.1 Å². The van der Waals surface area contributed by atoms with Crippen LogP contribution in [0.25, 0.3) is 0 Å². The van der Waals surface area contributed by atoms with Crippen LogP contribution < -0.4 is 11.5 Å². The molecule has 0 saturated carbocycles. The van der Waals surface area contributed by atoms with Gasteiger partial charge in [-0.15, -0.1) is 11.8 Å². The zero-order valence-corrected chi connectivity index (χ0v) is 11.5. The number of nitro benzene ring substituents is 1. The molecule has 0 spiro atoms. The third kappa shape index (κ3) is 4.53. The molecule has 1 unspecified atom stereocenters. The van der Waals surface area contributed by atoms with Gasteiger partial charge in [0.05, 0.1) is 15.4 Å². The van der Waals surface area contributed by atoms with Gasteiger partial charge in [0.25, 0.3) is 5.69 Å². The van der Waals surface area contributed by atoms with Crippen LogP contribution in [0.1, 0.15) is 19.8 Å². The highest BCUT2D eigenvalue weighted by molar-refractivity contribution is 7.99. The second-order valence-corrected chi connectivity index (χ2v) is 5.60. The molecule has 19 heavy (non-hydrogen) atoms. The van der Waals surface area contributed by atoms with Crippen molar-refractivity contribution in [3.63, 3.8) is 0 Å². The fourth-order valence-corrected chi connectivity index (χ4v) is 2.45. The predicted molar refractivity (Wildman–Crippen MR) is 74.8 cm³/mol. The van der Waals surface area contributed by atoms with Gasteiger partial charge in [0.15, 0.2) is 0 Å². The van der Waals surface area contributed by atoms with E-state index < -0.39 is 16.4 Å². The van der Waals surface area contributed by atoms with Crippen molar-refractivity contribution in [3.8, 4) is 0 Å². The standard InChI is InChI=1S/C12H17N3O3S/c1-12(14,11(13)16)7-4-8-19-10-6-3-2-5-9(10)15(17)18/h2-3,5-6H,4,7-8,14H2,1H3,(H2,13,16). The van der Waals surface area contributed by atoms with E-state index in [9.17, 15) is 14.9 Å². The highest BCUT2D eigenvalue weighted by Gasteiger charge is 2.24. The lowest BCUT2D eigenvalue weighted by molar-refractivity contribution is -0.387. The van der Waals surface area contributed by atoms with Gasteiger partial charge in [-0.1, -0.05) is 12.1 Å². The minimum absolute atomic E-state index is 0.0953. The van der Waals surface area contributed by atoms with Crippen molar-refractivity contribution in [1.29, 1.82) is 0 Å². The number of hydrogen-bond acceptors (Lipinski definition) is 5. The molecule has 0 heterocycles. The van der Waals surface area contributed by atoms with Crippen molar-refractivity contribution in [2.45, 2.75) is 30.2 Å². The third-order valence-electron chi connectivity index (χ3n) is 2.72. The van der Waals surface area contributed by atoms with Crippen LogP contribution in [0.4, 0.5) is 5.69 Å². The summed E-state index contributed by atoms with van der Waals surface area (Å²) in [5.74, 6) is 0.105. The summed E-state index contributed by atoms with van der Waals surface area (Å²) in [6.07, 6.45) is 1.11. The van der Waals surface area contributed by atoms with E-state index >= 15 is 0 Å². The van der Waals surface area contributed by atoms with Crippen LogP contribution in [0.15, 0.2) is 29.2 Å². The molecule has 0 bridgehead atoms. The summed E-state index contributed by atoms with van der Waals surface area (Å²) in [6.45, 7) is 1.59. The van der Waals surface area contributed by atoms with Gasteiger partial charge >= 0.3 is 0 Å². The summed E-state index contributed by atoms with van der Waals surface area (Å²) in [5, 5.41) is 10.8. The Morgan fingerprint density at radius 2 is 2.11 bits per heavy atom. The molecule has 0 aromatic heterocycles. The van der Waals surface area contributed by atoms with Crippen molar-refractivity contribution in [2.75, 3.05) is 5.75 Å². The number of rotatable bonds is 7. The number of carbonyl (C=O) groups excluding carboxylic acids is 1. The molecule has 0 aliphatic carbocycles. The van der Waals surface area contributed by atoms with Crippen molar-refractivity contribution in [3.05, 3.63) is 34.4 Å². The molecule has 0 aliphatic heterocycles. The van der Waals surface area contributed by atoms with Gasteiger partial charge in [-0.05, 0) is 31.6 Å². The summed E-state index contributed by atoms with van der Waals surface area (Å²) in [6, 6.07) is 6.56. The lowest BCUT2D eigenvalue weighted by Crippen LogP contribution is -2.49. The van der Waals surface area contributed by atoms with E-state index in [1.54, 1.807) is 25.1 Å². The monoisotopic (exact) mass is 283 g/mol. The largest absolute Gasteiger partial charge is 0.368 e. The number of thioether (sulfide) groups is 1. The molecule has 6 nitrogen and oxygen atoms in total. The summed E-state index contributed by atoms with van der Waals surface area (Å²) < 4.78 is 0. The SMILES string of the molecule is CC(N)(CCCSc1ccccc1[N+](=O)[O-])C(N)=O. The zero-order chi connectivity index (χ0) is 14.5. The second kappa shape index (κ2) is 6.53. The van der Waals surface area contributed by atoms with Crippen molar-refractivity contribution < 1.29 is 9.72 Å². The Morgan fingerprint density at radius 3 is 2.68 bits per heavy atom. The van der Waals surface area contributed by atoms with E-state index in [4.69, 9.17) is 11.5 Å². The number of nitrogens with zero attached hydrogens (tertiary/aromatic N) is 1. The van der Waals surface area contributed by atoms with E-state index in [1.807, 2.05) is 0 Å². The van der Waals surface area contributed by atoms with Crippen LogP contribution in [0.5, 0.6) is 0 Å². The Bertz CT molecular complexity index is 477. The molecule has 0 saturated heterocycles. The number of nitrogens with two attached hydrogens (primary N) is 2. The fraction of sp³-hybridized carbons (Fsp3) is 0.417. The average molecular weight is 283 g/mol. The van der Waals surface area contributed by atoms with E-state index in [1.165, 1.54) is 17.8 Å². The molecule has 4 N–H and O–H groups in total. The molecular weight excluding hydrogens is 266 g/mol. The first-order chi connectivity index (χ1) is 8.84. The molecule has 7 heteroatoms. The summed E-state index contributed by atoms with van der Waals surface area (Å²) in [4.78, 5) is 22.1. The van der Waals surface area contributed by atoms with Crippen molar-refractivity contribution in [2.24, 2.45) is 11.5 Å². The van der Waals surface area contributed by atoms with E-state index in [0.29, 0.717) is 23.5 Å². The fourth-order valence-electron chi connectivity index (χ4n) is 1.47. The Balaban J connectivity index is 2.51. The third-order valence-corrected chi connectivity index (χ3v) is 3.87. The van der Waals surface area contributed by atoms with Gasteiger partial charge in [0.2, 0.25) is 5.91 Å². The normalized spacial score (nSPS) is 13.8. The molecule has 0 radical (unpaired) electrons. The maximum absolute atomic E-state index is 11.0. The van der Waals surface area contributed by atoms with Gasteiger partial charge in [-0.25, -0.2) is 0 Å². The summed E-state index contributed by atoms with van der Waals surface area (Å²) in [7, 11) is 0. The number of primary amides is 1. The van der Waals surface area contributed by atoms with Crippen LogP contribution in [0.3, 0.4) is 0 Å². The second-order valence-electron chi connectivity index (χ2n) is 4.46. The highest BCUT2D eigenvalue weighted by atomic mass is 32.2. The van der Waals surface area contributed by atoms with Crippen molar-refractivity contribution in [1.82, 2.24) is 0 Å². The Hall–Kier alpha value is -1.60. The predicted octanol–water partition coefficient (Wildman–Crippen LogP) is 1.67. The van der Waals surface area contributed by atoms with Gasteiger partial charge in [0.1, 0.15) is 0 Å². The zero-order valence-electron chi connectivity index (χ0n) is 10.7. The van der Waals surface area contributed by atoms with E-state index in [0.717, 1.165) is 0 Å². The number of amides is 1. The molecule has 1 aromatic carbocycles. The van der Waals surface area contributed by atoms with E-state index in [-0.39, 0.29) is 5.69 Å². The van der Waals surface area contributed by atoms with Crippen molar-refractivity contribution >= 4 is 23.4 Å². The van der Waals surface area contributed by atoms with Gasteiger partial charge in [-0.3, -0.25) is 14.9 Å². The topological polar surface area (TPSA) is 112 Å². The van der Waals surface area contributed by atoms with Gasteiger partial charge < -0.3 is 11.5 Å². The number of carbonyl (C=O) groups is 1. The molecule has 1 atom stereocenters. The van der Waals surface area contributed by atoms with Crippen LogP contribution in [-0.4, -0.2) is 22.1 Å². The van der Waals surface area contributed by atoms with Crippen LogP contribution in [0.2, 0.25) is 0 Å². The maximum atomic E-state index is 11.0. The number of benzene rings is 1. The molecule has 104 valence electrons. The molecular formula is C12H17N3O3S. The molecule has 1 rings (SSSR count). The maximum Gasteiger partial charge on any atom is 0.282 e. The number of para-hydroxylation sites is 1. The first kappa shape index (κ1) is 15.5. The van der Waals surface area contributed by atoms with Gasteiger partial charge in [-0.2, -0.15) is 0 Å². The lowest BCUT2D eigenvalue weighted by atomic mass is 9.97. The molecule has 1 amide bonds. The smallest absolute Gasteiger partial charge is 0.282 e. The Kier molecular flexibility index (Phi) is 5.31. The molecule has 1 aromatic rings. The van der Waals surface area contributed by atoms with Gasteiger partial charge in [0, 0.05) is 6.07 Å². The average Bonchev–Trinajstić information content (AvgIpc) is 2.34. The number of nitro groups is 1. The Morgan fingerprint density at radius 1 is 1.47 bits per heavy atom. The highest BCUT2D eigenvalue weighted by Crippen LogP contribution is 2.29. The van der Waals surface area contributed by atoms with E-state index in [2.05, 4.69) is 0 Å². The van der Waals surface area contributed by atoms with Crippen LogP contribution in [-0.2, 0) is 4.79 Å². The van der Waals surface area contributed by atoms with Crippen LogP contribution >= 0.6 is 11.8 Å². The number of hydrogen-bond donors (Lipinski definition) is 2. The minimum Gasteiger partial charge on any atom is -0.368 e.